The smallest absolute Gasteiger partial charge is 0.238 e. The Morgan fingerprint density at radius 3 is 2.59 bits per heavy atom. The fraction of sp³-hybridized carbons (Fsp3) is 0.409. The second-order valence-corrected chi connectivity index (χ2v) is 10.6. The lowest BCUT2D eigenvalue weighted by molar-refractivity contribution is 0.0317. The van der Waals surface area contributed by atoms with Crippen molar-refractivity contribution in [1.82, 2.24) is 15.0 Å². The molecule has 0 radical (unpaired) electrons. The summed E-state index contributed by atoms with van der Waals surface area (Å²) < 4.78 is 42.6. The van der Waals surface area contributed by atoms with E-state index in [1.807, 2.05) is 6.07 Å². The van der Waals surface area contributed by atoms with Crippen LogP contribution in [0.15, 0.2) is 41.2 Å². The summed E-state index contributed by atoms with van der Waals surface area (Å²) in [6.45, 7) is 0. The van der Waals surface area contributed by atoms with Crippen LogP contribution >= 0.6 is 0 Å². The summed E-state index contributed by atoms with van der Waals surface area (Å²) in [5, 5.41) is 3.35. The van der Waals surface area contributed by atoms with E-state index in [-0.39, 0.29) is 29.1 Å². The molecule has 1 saturated carbocycles. The Bertz CT molecular complexity index is 1230. The molecule has 3 aromatic rings. The van der Waals surface area contributed by atoms with Crippen LogP contribution in [0.3, 0.4) is 0 Å². The summed E-state index contributed by atoms with van der Waals surface area (Å²) in [4.78, 5) is 12.8. The minimum absolute atomic E-state index is 0.0397. The van der Waals surface area contributed by atoms with Crippen LogP contribution < -0.4 is 10.1 Å². The van der Waals surface area contributed by atoms with E-state index in [0.717, 1.165) is 25.7 Å². The first-order valence-corrected chi connectivity index (χ1v) is 12.7. The molecule has 1 fully saturated rings. The van der Waals surface area contributed by atoms with Crippen LogP contribution in [0.1, 0.15) is 25.7 Å². The molecule has 0 saturated heterocycles. The Labute approximate surface area is 186 Å². The number of ether oxygens (including phenoxy) is 2. The van der Waals surface area contributed by atoms with E-state index in [1.54, 1.807) is 25.4 Å². The highest BCUT2D eigenvalue weighted by Crippen LogP contribution is 2.33. The maximum atomic E-state index is 15.0. The number of aromatic nitrogens is 3. The average Bonchev–Trinajstić information content (AvgIpc) is 2.74. The molecule has 1 aliphatic rings. The summed E-state index contributed by atoms with van der Waals surface area (Å²) in [5.74, 6) is 0.162. The summed E-state index contributed by atoms with van der Waals surface area (Å²) in [5.41, 5.74) is 1.21. The van der Waals surface area contributed by atoms with Crippen molar-refractivity contribution in [2.24, 2.45) is 4.36 Å². The van der Waals surface area contributed by atoms with Crippen molar-refractivity contribution in [2.45, 2.75) is 37.9 Å². The highest BCUT2D eigenvalue weighted by atomic mass is 32.2. The van der Waals surface area contributed by atoms with Crippen LogP contribution in [-0.4, -0.2) is 51.0 Å². The molecule has 0 atom stereocenters. The molecule has 0 spiro atoms. The molecule has 1 N–H and O–H groups in total. The second kappa shape index (κ2) is 9.33. The van der Waals surface area contributed by atoms with Crippen LogP contribution in [0.4, 0.5) is 21.6 Å². The number of rotatable bonds is 6. The minimum Gasteiger partial charge on any atom is -0.473 e. The van der Waals surface area contributed by atoms with Gasteiger partial charge >= 0.3 is 0 Å². The van der Waals surface area contributed by atoms with E-state index < -0.39 is 15.5 Å². The first-order chi connectivity index (χ1) is 15.3. The lowest BCUT2D eigenvalue weighted by Gasteiger charge is -2.28. The zero-order valence-corrected chi connectivity index (χ0v) is 19.1. The molecule has 170 valence electrons. The van der Waals surface area contributed by atoms with E-state index in [9.17, 15) is 8.60 Å². The van der Waals surface area contributed by atoms with Crippen LogP contribution in [0, 0.1) is 5.82 Å². The zero-order chi connectivity index (χ0) is 22.7. The van der Waals surface area contributed by atoms with E-state index in [0.29, 0.717) is 17.1 Å². The molecule has 4 rings (SSSR count). The fourth-order valence-corrected chi connectivity index (χ4v) is 4.39. The zero-order valence-electron chi connectivity index (χ0n) is 18.2. The quantitative estimate of drug-likeness (QED) is 0.575. The van der Waals surface area contributed by atoms with Crippen molar-refractivity contribution >= 4 is 37.8 Å². The van der Waals surface area contributed by atoms with Crippen molar-refractivity contribution in [3.8, 4) is 5.88 Å². The lowest BCUT2D eigenvalue weighted by Crippen LogP contribution is -2.28. The van der Waals surface area contributed by atoms with Crippen molar-refractivity contribution in [1.29, 1.82) is 0 Å². The maximum Gasteiger partial charge on any atom is 0.238 e. The molecule has 1 aromatic carbocycles. The molecular weight excluding hydrogens is 433 g/mol. The largest absolute Gasteiger partial charge is 0.473 e. The molecule has 0 unspecified atom stereocenters. The van der Waals surface area contributed by atoms with Gasteiger partial charge in [0, 0.05) is 41.6 Å². The molecule has 0 aliphatic heterocycles. The summed E-state index contributed by atoms with van der Waals surface area (Å²) >= 11 is 0. The van der Waals surface area contributed by atoms with E-state index in [4.69, 9.17) is 9.47 Å². The standard InChI is InChI=1S/C22H26FN5O3S/c1-30-15-6-8-16(9-7-15)31-22-18(5-4-10-24-22)27-21-20-17(23)11-14(28-32(2,3)29)12-19(20)25-13-26-21/h4-5,10-13,15-16H,6-9H2,1-3H3,(H,25,26,27)/t15-,16-. The van der Waals surface area contributed by atoms with Crippen molar-refractivity contribution in [2.75, 3.05) is 24.9 Å². The van der Waals surface area contributed by atoms with E-state index in [1.165, 1.54) is 24.9 Å². The number of hydrogen-bond donors (Lipinski definition) is 1. The molecule has 10 heteroatoms. The molecule has 2 aromatic heterocycles. The Morgan fingerprint density at radius 1 is 1.12 bits per heavy atom. The van der Waals surface area contributed by atoms with Crippen LogP contribution in [0.25, 0.3) is 10.9 Å². The summed E-state index contributed by atoms with van der Waals surface area (Å²) in [6, 6.07) is 6.40. The van der Waals surface area contributed by atoms with Gasteiger partial charge < -0.3 is 14.8 Å². The van der Waals surface area contributed by atoms with Gasteiger partial charge in [-0.15, -0.1) is 0 Å². The van der Waals surface area contributed by atoms with Crippen LogP contribution in [-0.2, 0) is 14.5 Å². The molecular formula is C22H26FN5O3S. The van der Waals surface area contributed by atoms with E-state index in [2.05, 4.69) is 24.6 Å². The predicted molar refractivity (Wildman–Crippen MR) is 123 cm³/mol. The number of pyridine rings is 1. The van der Waals surface area contributed by atoms with Gasteiger partial charge in [0.15, 0.2) is 0 Å². The normalized spacial score (nSPS) is 19.0. The molecule has 32 heavy (non-hydrogen) atoms. The number of fused-ring (bicyclic) bond motifs is 1. The lowest BCUT2D eigenvalue weighted by atomic mass is 9.95. The average molecular weight is 460 g/mol. The maximum absolute atomic E-state index is 15.0. The molecule has 0 amide bonds. The van der Waals surface area contributed by atoms with Gasteiger partial charge in [-0.25, -0.2) is 23.6 Å². The van der Waals surface area contributed by atoms with Crippen LogP contribution in [0.2, 0.25) is 0 Å². The highest BCUT2D eigenvalue weighted by Gasteiger charge is 2.23. The van der Waals surface area contributed by atoms with Gasteiger partial charge in [0.1, 0.15) is 29.8 Å². The number of anilines is 2. The minimum atomic E-state index is -2.43. The SMILES string of the molecule is CO[C@H]1CC[C@H](Oc2ncccc2Nc2ncnc3cc(N=S(C)(C)=O)cc(F)c23)CC1. The molecule has 0 bridgehead atoms. The van der Waals surface area contributed by atoms with Gasteiger partial charge in [-0.1, -0.05) is 0 Å². The monoisotopic (exact) mass is 459 g/mol. The number of benzene rings is 1. The summed E-state index contributed by atoms with van der Waals surface area (Å²) in [7, 11) is -0.696. The van der Waals surface area contributed by atoms with Gasteiger partial charge in [-0.05, 0) is 43.9 Å². The predicted octanol–water partition coefficient (Wildman–Crippen LogP) is 4.60. The highest BCUT2D eigenvalue weighted by molar-refractivity contribution is 7.92. The molecule has 1 aliphatic carbocycles. The third kappa shape index (κ3) is 5.31. The van der Waals surface area contributed by atoms with Gasteiger partial charge in [-0.2, -0.15) is 4.36 Å². The molecule has 8 nitrogen and oxygen atoms in total. The Morgan fingerprint density at radius 2 is 1.88 bits per heavy atom. The van der Waals surface area contributed by atoms with Gasteiger partial charge in [0.05, 0.1) is 22.7 Å². The Hall–Kier alpha value is -2.85. The van der Waals surface area contributed by atoms with Crippen LogP contribution in [0.5, 0.6) is 5.88 Å². The number of nitrogens with one attached hydrogen (secondary N) is 1. The third-order valence-corrected chi connectivity index (χ3v) is 5.91. The van der Waals surface area contributed by atoms with Gasteiger partial charge in [0.25, 0.3) is 0 Å². The number of methoxy groups -OCH3 is 1. The van der Waals surface area contributed by atoms with Gasteiger partial charge in [0.2, 0.25) is 5.88 Å². The number of nitrogens with zero attached hydrogens (tertiary/aromatic N) is 4. The van der Waals surface area contributed by atoms with Crippen molar-refractivity contribution in [3.63, 3.8) is 0 Å². The Balaban J connectivity index is 1.62. The topological polar surface area (TPSA) is 98.6 Å². The first kappa shape index (κ1) is 22.3. The van der Waals surface area contributed by atoms with Crippen molar-refractivity contribution < 1.29 is 18.1 Å². The number of hydrogen-bond acceptors (Lipinski definition) is 8. The fourth-order valence-electron chi connectivity index (χ4n) is 3.78. The summed E-state index contributed by atoms with van der Waals surface area (Å²) in [6.07, 6.45) is 9.93. The second-order valence-electron chi connectivity index (χ2n) is 8.05. The van der Waals surface area contributed by atoms with Crippen molar-refractivity contribution in [3.05, 3.63) is 42.6 Å². The Kier molecular flexibility index (Phi) is 6.52. The van der Waals surface area contributed by atoms with Gasteiger partial charge in [-0.3, -0.25) is 0 Å². The third-order valence-electron chi connectivity index (χ3n) is 5.26. The van der Waals surface area contributed by atoms with E-state index >= 15 is 0 Å². The number of halogens is 1. The first-order valence-electron chi connectivity index (χ1n) is 10.4. The molecule has 2 heterocycles.